The second-order valence-electron chi connectivity index (χ2n) is 4.68. The molecule has 0 saturated carbocycles. The van der Waals surface area contributed by atoms with Crippen LogP contribution in [0.2, 0.25) is 0 Å². The van der Waals surface area contributed by atoms with E-state index in [9.17, 15) is 8.42 Å². The smallest absolute Gasteiger partial charge is 0.211 e. The van der Waals surface area contributed by atoms with E-state index >= 15 is 0 Å². The second-order valence-corrected chi connectivity index (χ2v) is 6.61. The van der Waals surface area contributed by atoms with E-state index in [-0.39, 0.29) is 5.75 Å². The van der Waals surface area contributed by atoms with Gasteiger partial charge in [-0.2, -0.15) is 0 Å². The van der Waals surface area contributed by atoms with Crippen LogP contribution in [0.1, 0.15) is 30.9 Å². The largest absolute Gasteiger partial charge is 0.492 e. The molecule has 0 saturated heterocycles. The monoisotopic (exact) mass is 285 g/mol. The Morgan fingerprint density at radius 2 is 2.00 bits per heavy atom. The summed E-state index contributed by atoms with van der Waals surface area (Å²) in [6, 6.07) is 5.98. The van der Waals surface area contributed by atoms with E-state index in [1.54, 1.807) is 0 Å². The lowest BCUT2D eigenvalue weighted by Crippen LogP contribution is -2.30. The number of rotatable bonds is 8. The Morgan fingerprint density at radius 3 is 2.68 bits per heavy atom. The average molecular weight is 285 g/mol. The normalized spacial score (nSPS) is 11.5. The maximum Gasteiger partial charge on any atom is 0.211 e. The van der Waals surface area contributed by atoms with Gasteiger partial charge in [-0.15, -0.1) is 0 Å². The first kappa shape index (κ1) is 16.0. The minimum atomic E-state index is -3.15. The van der Waals surface area contributed by atoms with Gasteiger partial charge in [0.05, 0.1) is 5.75 Å². The van der Waals surface area contributed by atoms with Crippen molar-refractivity contribution in [1.82, 2.24) is 4.72 Å². The molecule has 1 rings (SSSR count). The molecule has 108 valence electrons. The van der Waals surface area contributed by atoms with Crippen molar-refractivity contribution in [2.24, 2.45) is 0 Å². The van der Waals surface area contributed by atoms with Crippen LogP contribution in [-0.2, 0) is 10.0 Å². The molecule has 0 aliphatic carbocycles. The van der Waals surface area contributed by atoms with Crippen molar-refractivity contribution in [3.63, 3.8) is 0 Å². The van der Waals surface area contributed by atoms with Gasteiger partial charge in [-0.1, -0.05) is 25.5 Å². The van der Waals surface area contributed by atoms with Crippen molar-refractivity contribution in [2.45, 2.75) is 33.6 Å². The van der Waals surface area contributed by atoms with Gasteiger partial charge in [0.2, 0.25) is 10.0 Å². The lowest BCUT2D eigenvalue weighted by molar-refractivity contribution is 0.320. The fourth-order valence-electron chi connectivity index (χ4n) is 1.63. The molecule has 0 fully saturated rings. The number of ether oxygens (including phenoxy) is 1. The maximum absolute atomic E-state index is 11.6. The van der Waals surface area contributed by atoms with Crippen LogP contribution in [-0.4, -0.2) is 27.3 Å². The molecule has 19 heavy (non-hydrogen) atoms. The molecule has 5 heteroatoms. The molecule has 0 aromatic heterocycles. The number of unbranched alkanes of at least 4 members (excludes halogenated alkanes) is 1. The van der Waals surface area contributed by atoms with Crippen LogP contribution in [0, 0.1) is 13.8 Å². The first-order chi connectivity index (χ1) is 8.94. The van der Waals surface area contributed by atoms with Gasteiger partial charge in [-0.3, -0.25) is 0 Å². The van der Waals surface area contributed by atoms with Crippen molar-refractivity contribution in [3.05, 3.63) is 29.3 Å². The van der Waals surface area contributed by atoms with Crippen LogP contribution in [0.3, 0.4) is 0 Å². The second kappa shape index (κ2) is 7.50. The van der Waals surface area contributed by atoms with E-state index < -0.39 is 10.0 Å². The fourth-order valence-corrected chi connectivity index (χ4v) is 2.83. The molecule has 0 unspecified atom stereocenters. The SMILES string of the molecule is CCCCS(=O)(=O)NCCOc1cc(C)ccc1C. The molecule has 0 heterocycles. The van der Waals surface area contributed by atoms with Gasteiger partial charge < -0.3 is 4.74 Å². The van der Waals surface area contributed by atoms with Gasteiger partial charge in [0.1, 0.15) is 12.4 Å². The minimum absolute atomic E-state index is 0.187. The van der Waals surface area contributed by atoms with Gasteiger partial charge in [-0.05, 0) is 37.5 Å². The Hall–Kier alpha value is -1.07. The molecule has 4 nitrogen and oxygen atoms in total. The summed E-state index contributed by atoms with van der Waals surface area (Å²) in [6.07, 6.45) is 1.56. The molecule has 0 atom stereocenters. The van der Waals surface area contributed by atoms with Crippen LogP contribution < -0.4 is 9.46 Å². The van der Waals surface area contributed by atoms with E-state index in [0.29, 0.717) is 19.6 Å². The highest BCUT2D eigenvalue weighted by atomic mass is 32.2. The molecule has 0 spiro atoms. The van der Waals surface area contributed by atoms with Crippen LogP contribution >= 0.6 is 0 Å². The van der Waals surface area contributed by atoms with E-state index in [4.69, 9.17) is 4.74 Å². The molecule has 0 aliphatic rings. The Morgan fingerprint density at radius 1 is 1.26 bits per heavy atom. The summed E-state index contributed by atoms with van der Waals surface area (Å²) in [7, 11) is -3.15. The highest BCUT2D eigenvalue weighted by molar-refractivity contribution is 7.89. The van der Waals surface area contributed by atoms with Crippen molar-refractivity contribution < 1.29 is 13.2 Å². The van der Waals surface area contributed by atoms with Crippen molar-refractivity contribution >= 4 is 10.0 Å². The standard InChI is InChI=1S/C14H23NO3S/c1-4-5-10-19(16,17)15-8-9-18-14-11-12(2)6-7-13(14)3/h6-7,11,15H,4-5,8-10H2,1-3H3. The number of hydrogen-bond donors (Lipinski definition) is 1. The highest BCUT2D eigenvalue weighted by Crippen LogP contribution is 2.18. The number of nitrogens with one attached hydrogen (secondary N) is 1. The van der Waals surface area contributed by atoms with E-state index in [0.717, 1.165) is 23.3 Å². The summed E-state index contributed by atoms with van der Waals surface area (Å²) < 4.78 is 31.2. The Labute approximate surface area is 116 Å². The third-order valence-electron chi connectivity index (χ3n) is 2.79. The van der Waals surface area contributed by atoms with E-state index in [2.05, 4.69) is 4.72 Å². The van der Waals surface area contributed by atoms with Crippen LogP contribution in [0.5, 0.6) is 5.75 Å². The zero-order valence-corrected chi connectivity index (χ0v) is 12.7. The lowest BCUT2D eigenvalue weighted by Gasteiger charge is -2.11. The molecule has 0 radical (unpaired) electrons. The molecule has 0 amide bonds. The summed E-state index contributed by atoms with van der Waals surface area (Å²) >= 11 is 0. The third-order valence-corrected chi connectivity index (χ3v) is 4.26. The quantitative estimate of drug-likeness (QED) is 0.746. The summed E-state index contributed by atoms with van der Waals surface area (Å²) in [5.41, 5.74) is 2.18. The van der Waals surface area contributed by atoms with Crippen molar-refractivity contribution in [2.75, 3.05) is 18.9 Å². The summed E-state index contributed by atoms with van der Waals surface area (Å²) in [5.74, 6) is 1.00. The minimum Gasteiger partial charge on any atom is -0.492 e. The first-order valence-corrected chi connectivity index (χ1v) is 8.27. The summed E-state index contributed by atoms with van der Waals surface area (Å²) in [6.45, 7) is 6.59. The third kappa shape index (κ3) is 6.07. The van der Waals surface area contributed by atoms with E-state index in [1.807, 2.05) is 39.0 Å². The Kier molecular flexibility index (Phi) is 6.31. The molecule has 1 aromatic carbocycles. The predicted octanol–water partition coefficient (Wildman–Crippen LogP) is 2.40. The highest BCUT2D eigenvalue weighted by Gasteiger charge is 2.08. The zero-order valence-electron chi connectivity index (χ0n) is 11.9. The molecule has 1 N–H and O–H groups in total. The van der Waals surface area contributed by atoms with Gasteiger partial charge in [-0.25, -0.2) is 13.1 Å². The molecule has 0 aliphatic heterocycles. The van der Waals surface area contributed by atoms with Crippen molar-refractivity contribution in [3.8, 4) is 5.75 Å². The lowest BCUT2D eigenvalue weighted by atomic mass is 10.1. The molecular formula is C14H23NO3S. The number of sulfonamides is 1. The van der Waals surface area contributed by atoms with Gasteiger partial charge in [0.25, 0.3) is 0 Å². The number of benzene rings is 1. The molecular weight excluding hydrogens is 262 g/mol. The Bertz CT molecular complexity index is 497. The van der Waals surface area contributed by atoms with E-state index in [1.165, 1.54) is 0 Å². The molecule has 0 bridgehead atoms. The maximum atomic E-state index is 11.6. The number of hydrogen-bond acceptors (Lipinski definition) is 3. The summed E-state index contributed by atoms with van der Waals surface area (Å²) in [5, 5.41) is 0. The summed E-state index contributed by atoms with van der Waals surface area (Å²) in [4.78, 5) is 0. The van der Waals surface area contributed by atoms with Crippen molar-refractivity contribution in [1.29, 1.82) is 0 Å². The fraction of sp³-hybridized carbons (Fsp3) is 0.571. The van der Waals surface area contributed by atoms with Crippen LogP contribution in [0.25, 0.3) is 0 Å². The van der Waals surface area contributed by atoms with Gasteiger partial charge in [0.15, 0.2) is 0 Å². The van der Waals surface area contributed by atoms with Gasteiger partial charge in [0, 0.05) is 6.54 Å². The topological polar surface area (TPSA) is 55.4 Å². The molecule has 1 aromatic rings. The first-order valence-electron chi connectivity index (χ1n) is 6.62. The van der Waals surface area contributed by atoms with Crippen LogP contribution in [0.4, 0.5) is 0 Å². The van der Waals surface area contributed by atoms with Crippen LogP contribution in [0.15, 0.2) is 18.2 Å². The predicted molar refractivity (Wildman–Crippen MR) is 78.1 cm³/mol. The Balaban J connectivity index is 2.37. The zero-order chi connectivity index (χ0) is 14.3. The number of aryl methyl sites for hydroxylation is 2. The van der Waals surface area contributed by atoms with Gasteiger partial charge >= 0.3 is 0 Å². The average Bonchev–Trinajstić information content (AvgIpc) is 2.36.